The van der Waals surface area contributed by atoms with E-state index in [-0.39, 0.29) is 17.4 Å². The first-order valence-corrected chi connectivity index (χ1v) is 15.4. The second-order valence-electron chi connectivity index (χ2n) is 13.0. The maximum absolute atomic E-state index is 11.7. The standard InChI is InChI=1S/C17H28O2.C17H26O2/c2*1-5-19-16(18)11-13(3)15-9-8-14-12(2)7-6-10-17(14,15)4/h9,12-14H,5-8,10-11H2,1-4H3;9,11-12,14H,5-8,10H2,1-4H3/b;13-11+/t12-,13+,14+,17+;12-,14+,17+/m11/s1. The molecule has 0 heterocycles. The van der Waals surface area contributed by atoms with Gasteiger partial charge in [-0.25, -0.2) is 4.79 Å². The lowest BCUT2D eigenvalue weighted by Crippen LogP contribution is -2.35. The van der Waals surface area contributed by atoms with Gasteiger partial charge in [0.2, 0.25) is 0 Å². The molecule has 0 bridgehead atoms. The van der Waals surface area contributed by atoms with E-state index in [2.05, 4.69) is 53.7 Å². The number of carbonyl (C=O) groups excluding carboxylic acids is 2. The van der Waals surface area contributed by atoms with Gasteiger partial charge >= 0.3 is 11.9 Å². The number of allylic oxidation sites excluding steroid dienone is 5. The molecular formula is C34H54O4. The van der Waals surface area contributed by atoms with Gasteiger partial charge in [0, 0.05) is 6.08 Å². The molecule has 38 heavy (non-hydrogen) atoms. The lowest BCUT2D eigenvalue weighted by molar-refractivity contribution is -0.144. The van der Waals surface area contributed by atoms with Gasteiger partial charge in [-0.2, -0.15) is 0 Å². The lowest BCUT2D eigenvalue weighted by atomic mass is 9.60. The van der Waals surface area contributed by atoms with Crippen LogP contribution in [-0.4, -0.2) is 25.2 Å². The largest absolute Gasteiger partial charge is 0.466 e. The fraction of sp³-hybridized carbons (Fsp3) is 0.765. The third-order valence-corrected chi connectivity index (χ3v) is 10.5. The SMILES string of the molecule is CCOC(=O)/C=C(\C)C1=CC[C@H]2[C@H](C)CCC[C@]12C.CCOC(=O)C[C@H](C)C1=CC[C@H]2[C@H](C)CCC[C@]12C. The Balaban J connectivity index is 0.000000211. The molecule has 0 amide bonds. The summed E-state index contributed by atoms with van der Waals surface area (Å²) in [7, 11) is 0. The van der Waals surface area contributed by atoms with Crippen LogP contribution >= 0.6 is 0 Å². The second kappa shape index (κ2) is 13.0. The number of carbonyl (C=O) groups is 2. The van der Waals surface area contributed by atoms with Gasteiger partial charge in [0.1, 0.15) is 0 Å². The highest BCUT2D eigenvalue weighted by molar-refractivity contribution is 5.83. The molecule has 0 saturated heterocycles. The zero-order valence-corrected chi connectivity index (χ0v) is 25.5. The van der Waals surface area contributed by atoms with Gasteiger partial charge in [0.15, 0.2) is 0 Å². The maximum atomic E-state index is 11.7. The molecule has 214 valence electrons. The smallest absolute Gasteiger partial charge is 0.331 e. The van der Waals surface area contributed by atoms with E-state index >= 15 is 0 Å². The Labute approximate surface area is 232 Å². The fourth-order valence-electron chi connectivity index (χ4n) is 8.65. The summed E-state index contributed by atoms with van der Waals surface area (Å²) < 4.78 is 10.1. The summed E-state index contributed by atoms with van der Waals surface area (Å²) >= 11 is 0. The first-order valence-electron chi connectivity index (χ1n) is 15.4. The molecule has 4 rings (SSSR count). The van der Waals surface area contributed by atoms with Crippen molar-refractivity contribution in [2.24, 2.45) is 40.4 Å². The summed E-state index contributed by atoms with van der Waals surface area (Å²) in [5, 5.41) is 0. The molecule has 4 nitrogen and oxygen atoms in total. The van der Waals surface area contributed by atoms with Crippen molar-refractivity contribution in [3.05, 3.63) is 34.9 Å². The summed E-state index contributed by atoms with van der Waals surface area (Å²) in [5.74, 6) is 3.23. The van der Waals surface area contributed by atoms with Crippen molar-refractivity contribution < 1.29 is 19.1 Å². The van der Waals surface area contributed by atoms with Crippen LogP contribution < -0.4 is 0 Å². The molecule has 4 heteroatoms. The molecule has 0 N–H and O–H groups in total. The average molecular weight is 527 g/mol. The minimum absolute atomic E-state index is 0.0493. The van der Waals surface area contributed by atoms with Crippen LogP contribution in [0.1, 0.15) is 113 Å². The van der Waals surface area contributed by atoms with Gasteiger partial charge in [0.05, 0.1) is 19.6 Å². The summed E-state index contributed by atoms with van der Waals surface area (Å²) in [6, 6.07) is 0. The van der Waals surface area contributed by atoms with Crippen molar-refractivity contribution in [3.8, 4) is 0 Å². The summed E-state index contributed by atoms with van der Waals surface area (Å²) in [4.78, 5) is 23.3. The minimum atomic E-state index is -0.211. The lowest BCUT2D eigenvalue weighted by Gasteiger charge is -2.44. The van der Waals surface area contributed by atoms with Crippen LogP contribution in [0.5, 0.6) is 0 Å². The summed E-state index contributed by atoms with van der Waals surface area (Å²) in [5.41, 5.74) is 4.61. The Kier molecular flexibility index (Phi) is 10.5. The van der Waals surface area contributed by atoms with Crippen molar-refractivity contribution in [1.82, 2.24) is 0 Å². The van der Waals surface area contributed by atoms with E-state index in [9.17, 15) is 9.59 Å². The van der Waals surface area contributed by atoms with Crippen LogP contribution in [0.4, 0.5) is 0 Å². The Bertz CT molecular complexity index is 942. The van der Waals surface area contributed by atoms with Crippen LogP contribution in [0.2, 0.25) is 0 Å². The predicted octanol–water partition coefficient (Wildman–Crippen LogP) is 8.62. The zero-order valence-electron chi connectivity index (χ0n) is 25.5. The van der Waals surface area contributed by atoms with Gasteiger partial charge in [-0.3, -0.25) is 4.79 Å². The third-order valence-electron chi connectivity index (χ3n) is 10.5. The number of rotatable bonds is 7. The predicted molar refractivity (Wildman–Crippen MR) is 155 cm³/mol. The Morgan fingerprint density at radius 2 is 1.50 bits per heavy atom. The molecule has 0 aromatic carbocycles. The normalized spacial score (nSPS) is 35.1. The van der Waals surface area contributed by atoms with E-state index in [0.717, 1.165) is 29.2 Å². The molecule has 2 fully saturated rings. The quantitative estimate of drug-likeness (QED) is 0.189. The van der Waals surface area contributed by atoms with Gasteiger partial charge in [0.25, 0.3) is 0 Å². The van der Waals surface area contributed by atoms with Crippen LogP contribution in [0.3, 0.4) is 0 Å². The minimum Gasteiger partial charge on any atom is -0.466 e. The highest BCUT2D eigenvalue weighted by atomic mass is 16.5. The van der Waals surface area contributed by atoms with Crippen molar-refractivity contribution in [2.45, 2.75) is 113 Å². The molecule has 0 aromatic rings. The van der Waals surface area contributed by atoms with E-state index in [1.807, 2.05) is 13.8 Å². The second-order valence-corrected chi connectivity index (χ2v) is 13.0. The molecule has 7 atom stereocenters. The molecule has 0 aromatic heterocycles. The van der Waals surface area contributed by atoms with Crippen molar-refractivity contribution in [1.29, 1.82) is 0 Å². The Morgan fingerprint density at radius 3 is 2.11 bits per heavy atom. The molecular weight excluding hydrogens is 472 g/mol. The van der Waals surface area contributed by atoms with Crippen molar-refractivity contribution in [3.63, 3.8) is 0 Å². The first-order chi connectivity index (χ1) is 18.0. The van der Waals surface area contributed by atoms with E-state index < -0.39 is 0 Å². The van der Waals surface area contributed by atoms with Crippen LogP contribution in [0.15, 0.2) is 34.9 Å². The molecule has 0 unspecified atom stereocenters. The number of ether oxygens (including phenoxy) is 2. The van der Waals surface area contributed by atoms with Crippen molar-refractivity contribution in [2.75, 3.05) is 13.2 Å². The molecule has 0 spiro atoms. The topological polar surface area (TPSA) is 52.6 Å². The highest BCUT2D eigenvalue weighted by Gasteiger charge is 2.47. The Hall–Kier alpha value is -1.84. The summed E-state index contributed by atoms with van der Waals surface area (Å²) in [6.07, 6.45) is 17.3. The number of hydrogen-bond donors (Lipinski definition) is 0. The van der Waals surface area contributed by atoms with Crippen molar-refractivity contribution >= 4 is 11.9 Å². The number of fused-ring (bicyclic) bond motifs is 2. The molecule has 4 aliphatic rings. The van der Waals surface area contributed by atoms with Gasteiger partial charge in [-0.15, -0.1) is 0 Å². The Morgan fingerprint density at radius 1 is 0.947 bits per heavy atom. The first kappa shape index (κ1) is 30.7. The van der Waals surface area contributed by atoms with Gasteiger partial charge in [-0.1, -0.05) is 78.0 Å². The van der Waals surface area contributed by atoms with Gasteiger partial charge < -0.3 is 9.47 Å². The molecule has 0 radical (unpaired) electrons. The van der Waals surface area contributed by atoms with Crippen LogP contribution in [0, 0.1) is 40.4 Å². The molecule has 4 aliphatic carbocycles. The van der Waals surface area contributed by atoms with Crippen LogP contribution in [-0.2, 0) is 19.1 Å². The maximum Gasteiger partial charge on any atom is 0.331 e. The van der Waals surface area contributed by atoms with E-state index in [0.29, 0.717) is 31.0 Å². The highest BCUT2D eigenvalue weighted by Crippen LogP contribution is 2.57. The zero-order chi connectivity index (χ0) is 28.1. The number of hydrogen-bond acceptors (Lipinski definition) is 4. The number of esters is 2. The molecule has 0 aliphatic heterocycles. The average Bonchev–Trinajstić information content (AvgIpc) is 3.38. The summed E-state index contributed by atoms with van der Waals surface area (Å²) in [6.45, 7) is 18.5. The van der Waals surface area contributed by atoms with E-state index in [1.165, 1.54) is 62.5 Å². The fourth-order valence-corrected chi connectivity index (χ4v) is 8.65. The third kappa shape index (κ3) is 6.48. The van der Waals surface area contributed by atoms with E-state index in [1.54, 1.807) is 6.08 Å². The monoisotopic (exact) mass is 526 g/mol. The van der Waals surface area contributed by atoms with E-state index in [4.69, 9.17) is 9.47 Å². The molecule has 2 saturated carbocycles. The van der Waals surface area contributed by atoms with Crippen LogP contribution in [0.25, 0.3) is 0 Å². The van der Waals surface area contributed by atoms with Gasteiger partial charge in [-0.05, 0) is 98.0 Å².